The largest absolute Gasteiger partial charge is 0.467 e. The highest BCUT2D eigenvalue weighted by Gasteiger charge is 2.45. The van der Waals surface area contributed by atoms with Gasteiger partial charge in [-0.15, -0.1) is 0 Å². The van der Waals surface area contributed by atoms with Crippen molar-refractivity contribution in [3.63, 3.8) is 0 Å². The molecule has 7 heteroatoms. The molecular weight excluding hydrogens is 270 g/mol. The van der Waals surface area contributed by atoms with Gasteiger partial charge < -0.3 is 9.64 Å². The van der Waals surface area contributed by atoms with Crippen molar-refractivity contribution in [2.75, 3.05) is 19.9 Å². The lowest BCUT2D eigenvalue weighted by Crippen LogP contribution is -2.56. The van der Waals surface area contributed by atoms with Crippen molar-refractivity contribution in [3.05, 3.63) is 0 Å². The summed E-state index contributed by atoms with van der Waals surface area (Å²) in [5.41, 5.74) is 0. The fraction of sp³-hybridized carbons (Fsp3) is 0.833. The maximum absolute atomic E-state index is 12.4. The van der Waals surface area contributed by atoms with Crippen LogP contribution in [0.4, 0.5) is 0 Å². The van der Waals surface area contributed by atoms with Gasteiger partial charge in [-0.05, 0) is 33.1 Å². The monoisotopic (exact) mass is 291 g/mol. The number of carbonyl (C=O) groups excluding carboxylic acids is 2. The molecule has 0 spiro atoms. The van der Waals surface area contributed by atoms with Crippen LogP contribution < -0.4 is 0 Å². The summed E-state index contributed by atoms with van der Waals surface area (Å²) >= 11 is 0. The van der Waals surface area contributed by atoms with Gasteiger partial charge in [0, 0.05) is 12.8 Å². The van der Waals surface area contributed by atoms with Gasteiger partial charge >= 0.3 is 5.97 Å². The van der Waals surface area contributed by atoms with Gasteiger partial charge in [-0.25, -0.2) is 13.2 Å². The Balaban J connectivity index is 3.05. The van der Waals surface area contributed by atoms with Gasteiger partial charge in [0.25, 0.3) is 0 Å². The Hall–Kier alpha value is -1.11. The quantitative estimate of drug-likeness (QED) is 0.702. The Morgan fingerprint density at radius 3 is 2.32 bits per heavy atom. The molecule has 1 fully saturated rings. The number of likely N-dealkylation sites (tertiary alicyclic amines) is 1. The first-order chi connectivity index (χ1) is 8.63. The van der Waals surface area contributed by atoms with Crippen molar-refractivity contribution in [3.8, 4) is 0 Å². The lowest BCUT2D eigenvalue weighted by atomic mass is 10.00. The summed E-state index contributed by atoms with van der Waals surface area (Å²) in [5.74, 6) is -1.03. The molecule has 0 aromatic heterocycles. The molecule has 0 aliphatic carbocycles. The van der Waals surface area contributed by atoms with Crippen LogP contribution >= 0.6 is 0 Å². The number of sulfone groups is 1. The Morgan fingerprint density at radius 1 is 1.26 bits per heavy atom. The van der Waals surface area contributed by atoms with Crippen LogP contribution in [0.3, 0.4) is 0 Å². The second kappa shape index (κ2) is 5.48. The van der Waals surface area contributed by atoms with Crippen LogP contribution in [0.25, 0.3) is 0 Å². The van der Waals surface area contributed by atoms with Crippen LogP contribution in [-0.4, -0.2) is 55.9 Å². The zero-order chi connectivity index (χ0) is 14.8. The topological polar surface area (TPSA) is 80.8 Å². The maximum Gasteiger partial charge on any atom is 0.328 e. The van der Waals surface area contributed by atoms with Gasteiger partial charge in [0.15, 0.2) is 9.84 Å². The minimum absolute atomic E-state index is 0.386. The molecule has 0 radical (unpaired) electrons. The Kier molecular flexibility index (Phi) is 4.60. The summed E-state index contributed by atoms with van der Waals surface area (Å²) in [6, 6.07) is -0.674. The number of hydrogen-bond acceptors (Lipinski definition) is 5. The van der Waals surface area contributed by atoms with Crippen LogP contribution in [0.2, 0.25) is 0 Å². The number of rotatable bonds is 3. The third kappa shape index (κ3) is 3.08. The maximum atomic E-state index is 12.4. The number of ether oxygens (including phenoxy) is 1. The Bertz CT molecular complexity index is 469. The first-order valence-corrected chi connectivity index (χ1v) is 8.10. The molecular formula is C12H21NO5S. The van der Waals surface area contributed by atoms with Crippen molar-refractivity contribution in [2.45, 2.75) is 43.9 Å². The van der Waals surface area contributed by atoms with Gasteiger partial charge in [0.2, 0.25) is 5.91 Å². The number of piperidine rings is 1. The van der Waals surface area contributed by atoms with E-state index in [0.29, 0.717) is 13.0 Å². The highest BCUT2D eigenvalue weighted by Crippen LogP contribution is 2.25. The van der Waals surface area contributed by atoms with Gasteiger partial charge in [0.05, 0.1) is 7.11 Å². The molecule has 1 unspecified atom stereocenters. The third-order valence-electron chi connectivity index (χ3n) is 3.68. The Morgan fingerprint density at radius 2 is 1.84 bits per heavy atom. The molecule has 0 aromatic rings. The number of nitrogens with zero attached hydrogens (tertiary/aromatic N) is 1. The van der Waals surface area contributed by atoms with E-state index in [1.165, 1.54) is 25.9 Å². The predicted octanol–water partition coefficient (Wildman–Crippen LogP) is 0.364. The van der Waals surface area contributed by atoms with Gasteiger partial charge in [-0.3, -0.25) is 4.79 Å². The fourth-order valence-corrected chi connectivity index (χ4v) is 2.49. The molecule has 1 aliphatic rings. The average Bonchev–Trinajstić information content (AvgIpc) is 2.35. The van der Waals surface area contributed by atoms with Crippen LogP contribution in [0, 0.1) is 0 Å². The summed E-state index contributed by atoms with van der Waals surface area (Å²) in [7, 11) is -2.28. The number of amides is 1. The van der Waals surface area contributed by atoms with Gasteiger partial charge in [0.1, 0.15) is 10.8 Å². The molecule has 1 amide bonds. The van der Waals surface area contributed by atoms with Crippen LogP contribution in [0.1, 0.15) is 33.1 Å². The van der Waals surface area contributed by atoms with E-state index in [0.717, 1.165) is 19.1 Å². The summed E-state index contributed by atoms with van der Waals surface area (Å²) < 4.78 is 26.6. The van der Waals surface area contributed by atoms with E-state index < -0.39 is 32.5 Å². The van der Waals surface area contributed by atoms with Crippen molar-refractivity contribution in [1.82, 2.24) is 4.90 Å². The molecule has 1 atom stereocenters. The minimum atomic E-state index is -3.55. The summed E-state index contributed by atoms with van der Waals surface area (Å²) in [6.07, 6.45) is 3.13. The van der Waals surface area contributed by atoms with E-state index in [9.17, 15) is 18.0 Å². The molecule has 1 saturated heterocycles. The normalized spacial score (nSPS) is 21.1. The molecule has 0 bridgehead atoms. The van der Waals surface area contributed by atoms with E-state index in [4.69, 9.17) is 0 Å². The van der Waals surface area contributed by atoms with Gasteiger partial charge in [-0.1, -0.05) is 0 Å². The van der Waals surface area contributed by atoms with Gasteiger partial charge in [-0.2, -0.15) is 0 Å². The molecule has 6 nitrogen and oxygen atoms in total. The summed E-state index contributed by atoms with van der Waals surface area (Å²) in [5, 5.41) is 0. The van der Waals surface area contributed by atoms with E-state index >= 15 is 0 Å². The SMILES string of the molecule is COC(=O)C1CCCCN1C(=O)C(C)(C)S(C)(=O)=O. The smallest absolute Gasteiger partial charge is 0.328 e. The van der Waals surface area contributed by atoms with E-state index in [2.05, 4.69) is 4.74 Å². The molecule has 110 valence electrons. The first kappa shape index (κ1) is 15.9. The van der Waals surface area contributed by atoms with Crippen molar-refractivity contribution < 1.29 is 22.7 Å². The molecule has 1 heterocycles. The first-order valence-electron chi connectivity index (χ1n) is 6.21. The number of hydrogen-bond donors (Lipinski definition) is 0. The molecule has 0 aromatic carbocycles. The molecule has 19 heavy (non-hydrogen) atoms. The van der Waals surface area contributed by atoms with Crippen molar-refractivity contribution in [2.24, 2.45) is 0 Å². The second-order valence-electron chi connectivity index (χ2n) is 5.32. The Labute approximate surface area is 114 Å². The van der Waals surface area contributed by atoms with E-state index in [1.807, 2.05) is 0 Å². The third-order valence-corrected chi connectivity index (χ3v) is 5.71. The van der Waals surface area contributed by atoms with Crippen LogP contribution in [-0.2, 0) is 24.2 Å². The summed E-state index contributed by atoms with van der Waals surface area (Å²) in [6.45, 7) is 3.12. The van der Waals surface area contributed by atoms with Crippen LogP contribution in [0.15, 0.2) is 0 Å². The van der Waals surface area contributed by atoms with Crippen LogP contribution in [0.5, 0.6) is 0 Å². The lowest BCUT2D eigenvalue weighted by molar-refractivity contribution is -0.155. The zero-order valence-corrected chi connectivity index (χ0v) is 12.6. The molecule has 0 N–H and O–H groups in total. The average molecular weight is 291 g/mol. The lowest BCUT2D eigenvalue weighted by Gasteiger charge is -2.38. The highest BCUT2D eigenvalue weighted by molar-refractivity contribution is 7.92. The molecule has 1 rings (SSSR count). The number of methoxy groups -OCH3 is 1. The standard InChI is InChI=1S/C12H21NO5S/c1-12(2,19(4,16)17)11(15)13-8-6-5-7-9(13)10(14)18-3/h9H,5-8H2,1-4H3. The predicted molar refractivity (Wildman–Crippen MR) is 70.3 cm³/mol. The minimum Gasteiger partial charge on any atom is -0.467 e. The summed E-state index contributed by atoms with van der Waals surface area (Å²) in [4.78, 5) is 25.5. The van der Waals surface area contributed by atoms with Crippen molar-refractivity contribution in [1.29, 1.82) is 0 Å². The van der Waals surface area contributed by atoms with E-state index in [-0.39, 0.29) is 0 Å². The number of carbonyl (C=O) groups is 2. The van der Waals surface area contributed by atoms with Crippen molar-refractivity contribution >= 4 is 21.7 Å². The second-order valence-corrected chi connectivity index (χ2v) is 7.88. The highest BCUT2D eigenvalue weighted by atomic mass is 32.2. The molecule has 1 aliphatic heterocycles. The molecule has 0 saturated carbocycles. The number of esters is 1. The fourth-order valence-electron chi connectivity index (χ4n) is 2.06. The van der Waals surface area contributed by atoms with E-state index in [1.54, 1.807) is 0 Å². The zero-order valence-electron chi connectivity index (χ0n) is 11.8.